The first-order valence-electron chi connectivity index (χ1n) is 5.34. The Hall–Kier alpha value is -0.900. The number of hydrogen-bond donors (Lipinski definition) is 1. The Labute approximate surface area is 109 Å². The van der Waals surface area contributed by atoms with Crippen LogP contribution in [0.15, 0.2) is 35.0 Å². The van der Waals surface area contributed by atoms with Crippen molar-refractivity contribution in [3.8, 4) is 0 Å². The molecule has 0 aliphatic heterocycles. The minimum Gasteiger partial charge on any atom is -0.313 e. The van der Waals surface area contributed by atoms with Crippen molar-refractivity contribution in [1.82, 2.24) is 5.32 Å². The van der Waals surface area contributed by atoms with Gasteiger partial charge in [0.25, 0.3) is 0 Å². The summed E-state index contributed by atoms with van der Waals surface area (Å²) in [5.41, 5.74) is 1.82. The lowest BCUT2D eigenvalue weighted by atomic mass is 10.0. The predicted molar refractivity (Wildman–Crippen MR) is 71.2 cm³/mol. The molecule has 4 heteroatoms. The van der Waals surface area contributed by atoms with E-state index in [4.69, 9.17) is 11.6 Å². The highest BCUT2D eigenvalue weighted by molar-refractivity contribution is 7.07. The molecule has 0 aliphatic rings. The first-order chi connectivity index (χ1) is 8.20. The molecule has 1 aromatic carbocycles. The number of nitrogens with one attached hydrogen (secondary N) is 1. The van der Waals surface area contributed by atoms with E-state index < -0.39 is 0 Å². The van der Waals surface area contributed by atoms with Crippen molar-refractivity contribution in [3.63, 3.8) is 0 Å². The van der Waals surface area contributed by atoms with Crippen molar-refractivity contribution < 1.29 is 4.39 Å². The Morgan fingerprint density at radius 3 is 2.88 bits per heavy atom. The number of thiophene rings is 1. The lowest BCUT2D eigenvalue weighted by molar-refractivity contribution is 0.555. The third kappa shape index (κ3) is 3.06. The minimum atomic E-state index is -0.204. The van der Waals surface area contributed by atoms with Crippen LogP contribution in [0.4, 0.5) is 4.39 Å². The van der Waals surface area contributed by atoms with Gasteiger partial charge in [0.15, 0.2) is 0 Å². The van der Waals surface area contributed by atoms with Crippen LogP contribution in [0, 0.1) is 5.82 Å². The molecule has 1 atom stereocenters. The van der Waals surface area contributed by atoms with Gasteiger partial charge < -0.3 is 5.32 Å². The molecule has 0 fully saturated rings. The van der Waals surface area contributed by atoms with Gasteiger partial charge in [-0.25, -0.2) is 4.39 Å². The number of halogens is 2. The van der Waals surface area contributed by atoms with Crippen LogP contribution in [0.3, 0.4) is 0 Å². The van der Waals surface area contributed by atoms with Crippen LogP contribution >= 0.6 is 22.9 Å². The molecule has 0 radical (unpaired) electrons. The van der Waals surface area contributed by atoms with E-state index in [9.17, 15) is 4.39 Å². The average Bonchev–Trinajstić information content (AvgIpc) is 2.84. The van der Waals surface area contributed by atoms with Crippen molar-refractivity contribution in [3.05, 3.63) is 57.0 Å². The standard InChI is InChI=1S/C13H13ClFNS/c1-16-13(9-4-5-17-8-9)7-10-6-11(14)2-3-12(10)15/h2-6,8,13,16H,7H2,1H3. The van der Waals surface area contributed by atoms with Crippen molar-refractivity contribution in [2.24, 2.45) is 0 Å². The highest BCUT2D eigenvalue weighted by atomic mass is 35.5. The van der Waals surface area contributed by atoms with Crippen LogP contribution in [-0.2, 0) is 6.42 Å². The summed E-state index contributed by atoms with van der Waals surface area (Å²) in [5, 5.41) is 7.86. The van der Waals surface area contributed by atoms with Gasteiger partial charge in [0.2, 0.25) is 0 Å². The van der Waals surface area contributed by atoms with Gasteiger partial charge in [-0.2, -0.15) is 11.3 Å². The topological polar surface area (TPSA) is 12.0 Å². The second kappa shape index (κ2) is 5.63. The van der Waals surface area contributed by atoms with Gasteiger partial charge in [-0.15, -0.1) is 0 Å². The maximum absolute atomic E-state index is 13.6. The average molecular weight is 270 g/mol. The van der Waals surface area contributed by atoms with Crippen LogP contribution in [-0.4, -0.2) is 7.05 Å². The first kappa shape index (κ1) is 12.6. The van der Waals surface area contributed by atoms with Gasteiger partial charge in [-0.3, -0.25) is 0 Å². The van der Waals surface area contributed by atoms with E-state index in [1.54, 1.807) is 23.5 Å². The number of rotatable bonds is 4. The molecule has 0 spiro atoms. The highest BCUT2D eigenvalue weighted by Gasteiger charge is 2.13. The molecule has 0 saturated carbocycles. The second-order valence-electron chi connectivity index (χ2n) is 3.84. The fourth-order valence-corrected chi connectivity index (χ4v) is 2.69. The van der Waals surface area contributed by atoms with E-state index in [0.29, 0.717) is 17.0 Å². The molecule has 0 aliphatic carbocycles. The van der Waals surface area contributed by atoms with Gasteiger partial charge in [0.1, 0.15) is 5.82 Å². The van der Waals surface area contributed by atoms with Gasteiger partial charge >= 0.3 is 0 Å². The molecule has 2 aromatic rings. The molecule has 1 N–H and O–H groups in total. The molecular weight excluding hydrogens is 257 g/mol. The van der Waals surface area contributed by atoms with Crippen molar-refractivity contribution in [1.29, 1.82) is 0 Å². The third-order valence-electron chi connectivity index (χ3n) is 2.73. The molecule has 1 heterocycles. The van der Waals surface area contributed by atoms with Gasteiger partial charge in [-0.1, -0.05) is 11.6 Å². The van der Waals surface area contributed by atoms with Crippen LogP contribution in [0.2, 0.25) is 5.02 Å². The van der Waals surface area contributed by atoms with Gasteiger partial charge in [-0.05, 0) is 59.6 Å². The summed E-state index contributed by atoms with van der Waals surface area (Å²) in [4.78, 5) is 0. The summed E-state index contributed by atoms with van der Waals surface area (Å²) >= 11 is 7.52. The van der Waals surface area contributed by atoms with Crippen LogP contribution in [0.25, 0.3) is 0 Å². The summed E-state index contributed by atoms with van der Waals surface area (Å²) in [6, 6.07) is 6.84. The Morgan fingerprint density at radius 1 is 1.41 bits per heavy atom. The quantitative estimate of drug-likeness (QED) is 0.883. The lowest BCUT2D eigenvalue weighted by Gasteiger charge is -2.15. The molecule has 1 nitrogen and oxygen atoms in total. The summed E-state index contributed by atoms with van der Waals surface area (Å²) < 4.78 is 13.6. The Kier molecular flexibility index (Phi) is 4.15. The third-order valence-corrected chi connectivity index (χ3v) is 3.66. The van der Waals surface area contributed by atoms with Crippen molar-refractivity contribution >= 4 is 22.9 Å². The Bertz CT molecular complexity index is 484. The molecule has 0 saturated heterocycles. The molecule has 17 heavy (non-hydrogen) atoms. The van der Waals surface area contributed by atoms with E-state index in [1.807, 2.05) is 18.5 Å². The fourth-order valence-electron chi connectivity index (χ4n) is 1.78. The van der Waals surface area contributed by atoms with Crippen LogP contribution in [0.5, 0.6) is 0 Å². The Balaban J connectivity index is 2.21. The van der Waals surface area contributed by atoms with Crippen LogP contribution < -0.4 is 5.32 Å². The normalized spacial score (nSPS) is 12.6. The molecule has 1 aromatic heterocycles. The van der Waals surface area contributed by atoms with E-state index >= 15 is 0 Å². The molecule has 2 rings (SSSR count). The first-order valence-corrected chi connectivity index (χ1v) is 6.66. The largest absolute Gasteiger partial charge is 0.313 e. The summed E-state index contributed by atoms with van der Waals surface area (Å²) in [6.45, 7) is 0. The zero-order chi connectivity index (χ0) is 12.3. The molecular formula is C13H13ClFNS. The summed E-state index contributed by atoms with van der Waals surface area (Å²) in [7, 11) is 1.88. The smallest absolute Gasteiger partial charge is 0.126 e. The van der Waals surface area contributed by atoms with E-state index in [-0.39, 0.29) is 11.9 Å². The maximum Gasteiger partial charge on any atom is 0.126 e. The summed E-state index contributed by atoms with van der Waals surface area (Å²) in [6.07, 6.45) is 0.597. The predicted octanol–water partition coefficient (Wildman–Crippen LogP) is 4.04. The number of likely N-dealkylation sites (N-methyl/N-ethyl adjacent to an activating group) is 1. The van der Waals surface area contributed by atoms with E-state index in [1.165, 1.54) is 11.6 Å². The van der Waals surface area contributed by atoms with E-state index in [2.05, 4.69) is 10.7 Å². The van der Waals surface area contributed by atoms with Crippen molar-refractivity contribution in [2.45, 2.75) is 12.5 Å². The molecule has 1 unspecified atom stereocenters. The molecule has 0 bridgehead atoms. The van der Waals surface area contributed by atoms with E-state index in [0.717, 1.165) is 0 Å². The Morgan fingerprint density at radius 2 is 2.24 bits per heavy atom. The van der Waals surface area contributed by atoms with Gasteiger partial charge in [0, 0.05) is 11.1 Å². The molecule has 90 valence electrons. The fraction of sp³-hybridized carbons (Fsp3) is 0.231. The highest BCUT2D eigenvalue weighted by Crippen LogP contribution is 2.23. The number of hydrogen-bond acceptors (Lipinski definition) is 2. The lowest BCUT2D eigenvalue weighted by Crippen LogP contribution is -2.18. The van der Waals surface area contributed by atoms with Crippen molar-refractivity contribution in [2.75, 3.05) is 7.05 Å². The minimum absolute atomic E-state index is 0.120. The number of benzene rings is 1. The SMILES string of the molecule is CNC(Cc1cc(Cl)ccc1F)c1ccsc1. The monoisotopic (exact) mass is 269 g/mol. The maximum atomic E-state index is 13.6. The summed E-state index contributed by atoms with van der Waals surface area (Å²) in [5.74, 6) is -0.204. The van der Waals surface area contributed by atoms with Gasteiger partial charge in [0.05, 0.1) is 0 Å². The van der Waals surface area contributed by atoms with Crippen LogP contribution in [0.1, 0.15) is 17.2 Å². The zero-order valence-corrected chi connectivity index (χ0v) is 11.0. The molecule has 0 amide bonds. The zero-order valence-electron chi connectivity index (χ0n) is 9.41. The second-order valence-corrected chi connectivity index (χ2v) is 5.05.